The molecule has 0 aliphatic carbocycles. The third-order valence-electron chi connectivity index (χ3n) is 4.61. The van der Waals surface area contributed by atoms with Crippen molar-refractivity contribution >= 4 is 23.6 Å². The fraction of sp³-hybridized carbons (Fsp3) is 0.238. The average molecular weight is 381 g/mol. The largest absolute Gasteiger partial charge is 0.496 e. The number of methoxy groups -OCH3 is 1. The van der Waals surface area contributed by atoms with Crippen molar-refractivity contribution < 1.29 is 28.7 Å². The van der Waals surface area contributed by atoms with E-state index >= 15 is 0 Å². The molecule has 2 aromatic carbocycles. The van der Waals surface area contributed by atoms with Crippen LogP contribution in [0.5, 0.6) is 5.75 Å². The van der Waals surface area contributed by atoms with Gasteiger partial charge in [0.15, 0.2) is 5.78 Å². The zero-order valence-corrected chi connectivity index (χ0v) is 15.7. The molecule has 1 aliphatic heterocycles. The molecule has 3 rings (SSSR count). The first-order valence-electron chi connectivity index (χ1n) is 8.66. The third-order valence-corrected chi connectivity index (χ3v) is 4.61. The first-order chi connectivity index (χ1) is 13.3. The predicted octanol–water partition coefficient (Wildman–Crippen LogP) is 2.63. The second kappa shape index (κ2) is 7.64. The summed E-state index contributed by atoms with van der Waals surface area (Å²) in [6.07, 6.45) is 0. The molecule has 0 aromatic heterocycles. The highest BCUT2D eigenvalue weighted by Crippen LogP contribution is 2.26. The fourth-order valence-corrected chi connectivity index (χ4v) is 3.04. The Morgan fingerprint density at radius 1 is 1.04 bits per heavy atom. The SMILES string of the molecule is COc1ccc(C(C)=O)cc1COC(=O)[C@H](C)N1C(=O)c2ccccc2C1=O. The van der Waals surface area contributed by atoms with E-state index in [0.29, 0.717) is 16.9 Å². The molecule has 7 nitrogen and oxygen atoms in total. The number of Topliss-reactive ketones (excluding diaryl/α,β-unsaturated/α-hetero) is 1. The first kappa shape index (κ1) is 19.3. The van der Waals surface area contributed by atoms with Crippen molar-refractivity contribution in [2.75, 3.05) is 7.11 Å². The number of fused-ring (bicyclic) bond motifs is 1. The lowest BCUT2D eigenvalue weighted by Gasteiger charge is -2.21. The Balaban J connectivity index is 1.74. The van der Waals surface area contributed by atoms with Crippen LogP contribution in [0.15, 0.2) is 42.5 Å². The highest BCUT2D eigenvalue weighted by Gasteiger charge is 2.41. The summed E-state index contributed by atoms with van der Waals surface area (Å²) in [5, 5.41) is 0. The molecule has 0 radical (unpaired) electrons. The van der Waals surface area contributed by atoms with Crippen molar-refractivity contribution in [3.8, 4) is 5.75 Å². The van der Waals surface area contributed by atoms with Crippen LogP contribution in [-0.4, -0.2) is 41.6 Å². The smallest absolute Gasteiger partial charge is 0.329 e. The van der Waals surface area contributed by atoms with Crippen molar-refractivity contribution in [1.82, 2.24) is 4.90 Å². The maximum atomic E-state index is 12.5. The molecule has 0 bridgehead atoms. The number of benzene rings is 2. The van der Waals surface area contributed by atoms with Gasteiger partial charge in [0, 0.05) is 11.1 Å². The van der Waals surface area contributed by atoms with Gasteiger partial charge in [0.05, 0.1) is 18.2 Å². The topological polar surface area (TPSA) is 90.0 Å². The minimum absolute atomic E-state index is 0.130. The Morgan fingerprint density at radius 2 is 1.64 bits per heavy atom. The molecule has 0 saturated carbocycles. The standard InChI is InChI=1S/C21H19NO6/c1-12(22-19(24)16-6-4-5-7-17(16)20(22)25)21(26)28-11-15-10-14(13(2)23)8-9-18(15)27-3/h4-10,12H,11H2,1-3H3/t12-/m0/s1. The van der Waals surface area contributed by atoms with Gasteiger partial charge in [0.2, 0.25) is 0 Å². The molecular weight excluding hydrogens is 362 g/mol. The molecule has 0 unspecified atom stereocenters. The number of esters is 1. The summed E-state index contributed by atoms with van der Waals surface area (Å²) in [7, 11) is 1.47. The number of ketones is 1. The van der Waals surface area contributed by atoms with Gasteiger partial charge in [-0.25, -0.2) is 4.79 Å². The molecule has 0 fully saturated rings. The summed E-state index contributed by atoms with van der Waals surface area (Å²) in [5.41, 5.74) is 1.50. The number of carbonyl (C=O) groups excluding carboxylic acids is 4. The number of amides is 2. The predicted molar refractivity (Wildman–Crippen MR) is 99.2 cm³/mol. The average Bonchev–Trinajstić information content (AvgIpc) is 2.96. The van der Waals surface area contributed by atoms with E-state index in [1.165, 1.54) is 21.0 Å². The molecule has 144 valence electrons. The molecule has 7 heteroatoms. The number of imide groups is 1. The van der Waals surface area contributed by atoms with Crippen LogP contribution >= 0.6 is 0 Å². The minimum Gasteiger partial charge on any atom is -0.496 e. The Hall–Kier alpha value is -3.48. The molecule has 1 aliphatic rings. The lowest BCUT2D eigenvalue weighted by Crippen LogP contribution is -2.43. The molecule has 0 N–H and O–H groups in total. The number of nitrogens with zero attached hydrogens (tertiary/aromatic N) is 1. The number of ether oxygens (including phenoxy) is 2. The van der Waals surface area contributed by atoms with E-state index in [4.69, 9.17) is 9.47 Å². The summed E-state index contributed by atoms with van der Waals surface area (Å²) in [6.45, 7) is 2.71. The Labute approximate surface area is 161 Å². The highest BCUT2D eigenvalue weighted by atomic mass is 16.5. The van der Waals surface area contributed by atoms with Gasteiger partial charge in [-0.05, 0) is 44.2 Å². The molecule has 1 heterocycles. The Bertz CT molecular complexity index is 946. The van der Waals surface area contributed by atoms with Gasteiger partial charge >= 0.3 is 5.97 Å². The minimum atomic E-state index is -1.09. The van der Waals surface area contributed by atoms with E-state index in [-0.39, 0.29) is 23.5 Å². The molecule has 2 aromatic rings. The van der Waals surface area contributed by atoms with Crippen molar-refractivity contribution in [3.05, 3.63) is 64.7 Å². The van der Waals surface area contributed by atoms with Crippen molar-refractivity contribution in [3.63, 3.8) is 0 Å². The summed E-state index contributed by atoms with van der Waals surface area (Å²) in [4.78, 5) is 49.9. The van der Waals surface area contributed by atoms with E-state index in [1.807, 2.05) is 0 Å². The van der Waals surface area contributed by atoms with Crippen LogP contribution in [0.25, 0.3) is 0 Å². The Kier molecular flexibility index (Phi) is 5.26. The quantitative estimate of drug-likeness (QED) is 0.434. The van der Waals surface area contributed by atoms with Crippen LogP contribution in [0.1, 0.15) is 50.5 Å². The van der Waals surface area contributed by atoms with Gasteiger partial charge in [0.25, 0.3) is 11.8 Å². The summed E-state index contributed by atoms with van der Waals surface area (Å²) < 4.78 is 10.5. The first-order valence-corrected chi connectivity index (χ1v) is 8.66. The van der Waals surface area contributed by atoms with Crippen LogP contribution in [0.4, 0.5) is 0 Å². The molecular formula is C21H19NO6. The van der Waals surface area contributed by atoms with Crippen LogP contribution < -0.4 is 4.74 Å². The van der Waals surface area contributed by atoms with E-state index in [0.717, 1.165) is 4.90 Å². The number of carbonyl (C=O) groups is 4. The van der Waals surface area contributed by atoms with Crippen LogP contribution in [0, 0.1) is 0 Å². The lowest BCUT2D eigenvalue weighted by atomic mass is 10.1. The van der Waals surface area contributed by atoms with Crippen molar-refractivity contribution in [2.24, 2.45) is 0 Å². The zero-order valence-electron chi connectivity index (χ0n) is 15.7. The van der Waals surface area contributed by atoms with Crippen LogP contribution in [-0.2, 0) is 16.1 Å². The van der Waals surface area contributed by atoms with E-state index in [9.17, 15) is 19.2 Å². The molecule has 2 amide bonds. The number of rotatable bonds is 6. The van der Waals surface area contributed by atoms with Gasteiger partial charge in [-0.1, -0.05) is 12.1 Å². The van der Waals surface area contributed by atoms with E-state index in [1.54, 1.807) is 42.5 Å². The zero-order chi connectivity index (χ0) is 20.4. The van der Waals surface area contributed by atoms with Crippen LogP contribution in [0.3, 0.4) is 0 Å². The highest BCUT2D eigenvalue weighted by molar-refractivity contribution is 6.22. The lowest BCUT2D eigenvalue weighted by molar-refractivity contribution is -0.149. The number of hydrogen-bond donors (Lipinski definition) is 0. The second-order valence-electron chi connectivity index (χ2n) is 6.39. The monoisotopic (exact) mass is 381 g/mol. The van der Waals surface area contributed by atoms with Gasteiger partial charge in [-0.15, -0.1) is 0 Å². The van der Waals surface area contributed by atoms with E-state index < -0.39 is 23.8 Å². The second-order valence-corrected chi connectivity index (χ2v) is 6.39. The third kappa shape index (κ3) is 3.38. The van der Waals surface area contributed by atoms with Crippen molar-refractivity contribution in [2.45, 2.75) is 26.5 Å². The molecule has 1 atom stereocenters. The maximum Gasteiger partial charge on any atom is 0.329 e. The molecule has 0 spiro atoms. The fourth-order valence-electron chi connectivity index (χ4n) is 3.04. The van der Waals surface area contributed by atoms with Crippen molar-refractivity contribution in [1.29, 1.82) is 0 Å². The summed E-state index contributed by atoms with van der Waals surface area (Å²) in [6, 6.07) is 10.1. The Morgan fingerprint density at radius 3 is 2.18 bits per heavy atom. The maximum absolute atomic E-state index is 12.5. The van der Waals surface area contributed by atoms with Gasteiger partial charge in [-0.2, -0.15) is 0 Å². The summed E-state index contributed by atoms with van der Waals surface area (Å²) >= 11 is 0. The van der Waals surface area contributed by atoms with Gasteiger partial charge in [0.1, 0.15) is 18.4 Å². The summed E-state index contributed by atoms with van der Waals surface area (Å²) in [5.74, 6) is -1.45. The molecule has 0 saturated heterocycles. The number of hydrogen-bond acceptors (Lipinski definition) is 6. The normalized spacial score (nSPS) is 13.9. The van der Waals surface area contributed by atoms with E-state index in [2.05, 4.69) is 0 Å². The van der Waals surface area contributed by atoms with Gasteiger partial charge < -0.3 is 9.47 Å². The van der Waals surface area contributed by atoms with Crippen LogP contribution in [0.2, 0.25) is 0 Å². The molecule has 28 heavy (non-hydrogen) atoms. The van der Waals surface area contributed by atoms with Gasteiger partial charge in [-0.3, -0.25) is 19.3 Å².